The number of likely N-dealkylation sites (tertiary alicyclic amines) is 1. The number of aromatic nitrogens is 4. The van der Waals surface area contributed by atoms with Crippen LogP contribution in [-0.2, 0) is 22.7 Å². The summed E-state index contributed by atoms with van der Waals surface area (Å²) in [5.74, 6) is 0.108. The number of carbonyl (C=O) groups excluding carboxylic acids is 2. The average molecular weight is 387 g/mol. The molecule has 3 rings (SSSR count). The molecular weight excluding hydrogens is 356 g/mol. The Morgan fingerprint density at radius 2 is 2.11 bits per heavy atom. The molecule has 1 aliphatic heterocycles. The number of piperidine rings is 1. The maximum atomic E-state index is 12.8. The fourth-order valence-electron chi connectivity index (χ4n) is 3.83. The minimum absolute atomic E-state index is 0.0149. The first-order valence-electron chi connectivity index (χ1n) is 9.90. The van der Waals surface area contributed by atoms with Crippen LogP contribution in [0.1, 0.15) is 37.6 Å². The zero-order valence-electron chi connectivity index (χ0n) is 17.0. The molecule has 152 valence electrons. The van der Waals surface area contributed by atoms with Crippen LogP contribution in [0.25, 0.3) is 0 Å². The molecular formula is C20H30N6O2. The van der Waals surface area contributed by atoms with E-state index < -0.39 is 5.41 Å². The van der Waals surface area contributed by atoms with Gasteiger partial charge in [-0.1, -0.05) is 0 Å². The van der Waals surface area contributed by atoms with Gasteiger partial charge in [0.2, 0.25) is 11.8 Å². The van der Waals surface area contributed by atoms with Crippen LogP contribution in [-0.4, -0.2) is 55.7 Å². The minimum Gasteiger partial charge on any atom is -0.354 e. The number of nitrogens with zero attached hydrogens (tertiary/aromatic N) is 5. The van der Waals surface area contributed by atoms with E-state index in [4.69, 9.17) is 0 Å². The third-order valence-electron chi connectivity index (χ3n) is 5.45. The molecule has 0 aliphatic carbocycles. The molecule has 28 heavy (non-hydrogen) atoms. The van der Waals surface area contributed by atoms with Gasteiger partial charge in [-0.15, -0.1) is 0 Å². The van der Waals surface area contributed by atoms with Gasteiger partial charge in [-0.05, 0) is 39.7 Å². The van der Waals surface area contributed by atoms with E-state index in [1.54, 1.807) is 12.5 Å². The van der Waals surface area contributed by atoms with Crippen molar-refractivity contribution in [3.8, 4) is 0 Å². The van der Waals surface area contributed by atoms with Crippen LogP contribution in [0.3, 0.4) is 0 Å². The Bertz CT molecular complexity index is 813. The molecule has 1 saturated heterocycles. The fraction of sp³-hybridized carbons (Fsp3) is 0.600. The lowest BCUT2D eigenvalue weighted by Gasteiger charge is -2.39. The lowest BCUT2D eigenvalue weighted by atomic mass is 9.81. The smallest absolute Gasteiger partial charge is 0.227 e. The van der Waals surface area contributed by atoms with Crippen LogP contribution in [0.15, 0.2) is 24.8 Å². The van der Waals surface area contributed by atoms with Gasteiger partial charge in [-0.25, -0.2) is 4.98 Å². The van der Waals surface area contributed by atoms with Gasteiger partial charge in [0, 0.05) is 50.7 Å². The first-order valence-corrected chi connectivity index (χ1v) is 9.90. The number of hydrogen-bond donors (Lipinski definition) is 1. The first kappa shape index (κ1) is 20.1. The van der Waals surface area contributed by atoms with Crippen molar-refractivity contribution < 1.29 is 9.59 Å². The molecule has 0 aromatic carbocycles. The Labute approximate surface area is 165 Å². The maximum Gasteiger partial charge on any atom is 0.227 e. The first-order chi connectivity index (χ1) is 13.4. The molecule has 3 heterocycles. The van der Waals surface area contributed by atoms with Crippen molar-refractivity contribution in [1.82, 2.24) is 29.5 Å². The van der Waals surface area contributed by atoms with E-state index in [-0.39, 0.29) is 11.8 Å². The van der Waals surface area contributed by atoms with Crippen LogP contribution in [0, 0.1) is 19.3 Å². The summed E-state index contributed by atoms with van der Waals surface area (Å²) < 4.78 is 3.80. The number of nitrogens with one attached hydrogen (secondary N) is 1. The largest absolute Gasteiger partial charge is 0.354 e. The predicted molar refractivity (Wildman–Crippen MR) is 105 cm³/mol. The molecule has 0 bridgehead atoms. The van der Waals surface area contributed by atoms with E-state index in [2.05, 4.69) is 15.4 Å². The van der Waals surface area contributed by atoms with E-state index >= 15 is 0 Å². The van der Waals surface area contributed by atoms with E-state index in [1.807, 2.05) is 47.2 Å². The van der Waals surface area contributed by atoms with Crippen LogP contribution in [0.2, 0.25) is 0 Å². The summed E-state index contributed by atoms with van der Waals surface area (Å²) >= 11 is 0. The van der Waals surface area contributed by atoms with Crippen molar-refractivity contribution in [2.75, 3.05) is 19.6 Å². The molecule has 8 nitrogen and oxygen atoms in total. The van der Waals surface area contributed by atoms with Crippen molar-refractivity contribution in [3.63, 3.8) is 0 Å². The molecule has 2 amide bonds. The maximum absolute atomic E-state index is 12.8. The highest BCUT2D eigenvalue weighted by Crippen LogP contribution is 2.30. The Morgan fingerprint density at radius 3 is 2.79 bits per heavy atom. The number of rotatable bonds is 7. The molecule has 1 atom stereocenters. The van der Waals surface area contributed by atoms with Crippen LogP contribution < -0.4 is 5.32 Å². The van der Waals surface area contributed by atoms with Gasteiger partial charge in [0.15, 0.2) is 0 Å². The topological polar surface area (TPSA) is 85.0 Å². The van der Waals surface area contributed by atoms with Gasteiger partial charge in [0.05, 0.1) is 24.0 Å². The minimum atomic E-state index is -0.544. The molecule has 1 aliphatic rings. The zero-order valence-corrected chi connectivity index (χ0v) is 17.0. The second kappa shape index (κ2) is 8.58. The molecule has 1 N–H and O–H groups in total. The molecule has 2 aromatic heterocycles. The van der Waals surface area contributed by atoms with Crippen molar-refractivity contribution in [2.45, 2.75) is 53.1 Å². The lowest BCUT2D eigenvalue weighted by Crippen LogP contribution is -2.52. The molecule has 0 radical (unpaired) electrons. The summed E-state index contributed by atoms with van der Waals surface area (Å²) in [4.78, 5) is 31.2. The second-order valence-electron chi connectivity index (χ2n) is 7.94. The molecule has 8 heteroatoms. The SMILES string of the molecule is Cc1cc(C)n(CCNC(=O)[C@@]2(C)CCCN(C(=O)CCn3ccnc3)C2)n1. The van der Waals surface area contributed by atoms with Crippen LogP contribution >= 0.6 is 0 Å². The van der Waals surface area contributed by atoms with Gasteiger partial charge in [-0.3, -0.25) is 14.3 Å². The quantitative estimate of drug-likeness (QED) is 0.782. The standard InChI is InChI=1S/C20H30N6O2/c1-16-13-17(2)26(23-16)12-8-22-19(28)20(3)6-4-9-25(14-20)18(27)5-10-24-11-7-21-15-24/h7,11,13,15H,4-6,8-10,12,14H2,1-3H3,(H,22,28)/t20-/m0/s1. The van der Waals surface area contributed by atoms with E-state index in [9.17, 15) is 9.59 Å². The van der Waals surface area contributed by atoms with Crippen molar-refractivity contribution in [1.29, 1.82) is 0 Å². The number of carbonyl (C=O) groups is 2. The van der Waals surface area contributed by atoms with Crippen molar-refractivity contribution in [2.24, 2.45) is 5.41 Å². The lowest BCUT2D eigenvalue weighted by molar-refractivity contribution is -0.140. The highest BCUT2D eigenvalue weighted by molar-refractivity contribution is 5.84. The zero-order chi connectivity index (χ0) is 20.1. The molecule has 2 aromatic rings. The van der Waals surface area contributed by atoms with E-state index in [0.29, 0.717) is 32.6 Å². The summed E-state index contributed by atoms with van der Waals surface area (Å²) in [6.07, 6.45) is 7.33. The number of hydrogen-bond acceptors (Lipinski definition) is 4. The Balaban J connectivity index is 1.49. The van der Waals surface area contributed by atoms with Crippen LogP contribution in [0.5, 0.6) is 0 Å². The van der Waals surface area contributed by atoms with Gasteiger partial charge < -0.3 is 14.8 Å². The summed E-state index contributed by atoms with van der Waals surface area (Å²) in [5, 5.41) is 7.46. The number of aryl methyl sites for hydroxylation is 3. The van der Waals surface area contributed by atoms with E-state index in [0.717, 1.165) is 30.8 Å². The van der Waals surface area contributed by atoms with Crippen molar-refractivity contribution >= 4 is 11.8 Å². The molecule has 0 saturated carbocycles. The number of amides is 2. The summed E-state index contributed by atoms with van der Waals surface area (Å²) in [7, 11) is 0. The highest BCUT2D eigenvalue weighted by Gasteiger charge is 2.38. The fourth-order valence-corrected chi connectivity index (χ4v) is 3.83. The third-order valence-corrected chi connectivity index (χ3v) is 5.45. The average Bonchev–Trinajstić information content (AvgIpc) is 3.29. The number of imidazole rings is 1. The van der Waals surface area contributed by atoms with Gasteiger partial charge >= 0.3 is 0 Å². The summed E-state index contributed by atoms with van der Waals surface area (Å²) in [5.41, 5.74) is 1.52. The van der Waals surface area contributed by atoms with Gasteiger partial charge in [0.1, 0.15) is 0 Å². The van der Waals surface area contributed by atoms with E-state index in [1.165, 1.54) is 0 Å². The normalized spacial score (nSPS) is 19.6. The summed E-state index contributed by atoms with van der Waals surface area (Å²) in [6, 6.07) is 2.03. The monoisotopic (exact) mass is 386 g/mol. The van der Waals surface area contributed by atoms with Crippen molar-refractivity contribution in [3.05, 3.63) is 36.2 Å². The van der Waals surface area contributed by atoms with Gasteiger partial charge in [-0.2, -0.15) is 5.10 Å². The molecule has 0 spiro atoms. The molecule has 1 fully saturated rings. The third kappa shape index (κ3) is 4.79. The Morgan fingerprint density at radius 1 is 1.29 bits per heavy atom. The van der Waals surface area contributed by atoms with Gasteiger partial charge in [0.25, 0.3) is 0 Å². The summed E-state index contributed by atoms with van der Waals surface area (Å²) in [6.45, 7) is 8.92. The highest BCUT2D eigenvalue weighted by atomic mass is 16.2. The predicted octanol–water partition coefficient (Wildman–Crippen LogP) is 1.53. The Kier molecular flexibility index (Phi) is 6.16. The van der Waals surface area contributed by atoms with Crippen LogP contribution in [0.4, 0.5) is 0 Å². The Hall–Kier alpha value is -2.64. The molecule has 0 unspecified atom stereocenters. The second-order valence-corrected chi connectivity index (χ2v) is 7.94.